The highest BCUT2D eigenvalue weighted by Gasteiger charge is 2.31. The fourth-order valence-electron chi connectivity index (χ4n) is 3.19. The van der Waals surface area contributed by atoms with Gasteiger partial charge < -0.3 is 14.6 Å². The van der Waals surface area contributed by atoms with Crippen LogP contribution in [-0.2, 0) is 11.3 Å². The van der Waals surface area contributed by atoms with Gasteiger partial charge in [0.2, 0.25) is 0 Å². The van der Waals surface area contributed by atoms with E-state index >= 15 is 0 Å². The van der Waals surface area contributed by atoms with Crippen LogP contribution in [0.2, 0.25) is 0 Å². The van der Waals surface area contributed by atoms with Crippen molar-refractivity contribution in [2.24, 2.45) is 0 Å². The van der Waals surface area contributed by atoms with Crippen molar-refractivity contribution in [2.75, 3.05) is 20.3 Å². The average molecular weight is 328 g/mol. The topological polar surface area (TPSA) is 54.8 Å². The molecule has 1 aliphatic heterocycles. The highest BCUT2D eigenvalue weighted by atomic mass is 16.5. The lowest BCUT2D eigenvalue weighted by Crippen LogP contribution is -2.31. The van der Waals surface area contributed by atoms with Crippen molar-refractivity contribution in [3.63, 3.8) is 0 Å². The lowest BCUT2D eigenvalue weighted by Gasteiger charge is -2.22. The normalized spacial score (nSPS) is 21.1. The van der Waals surface area contributed by atoms with E-state index in [9.17, 15) is 5.11 Å². The van der Waals surface area contributed by atoms with Crippen LogP contribution in [0.1, 0.15) is 17.5 Å². The fourth-order valence-corrected chi connectivity index (χ4v) is 3.19. The van der Waals surface area contributed by atoms with Crippen molar-refractivity contribution in [2.45, 2.75) is 32.0 Å². The third-order valence-electron chi connectivity index (χ3n) is 4.52. The van der Waals surface area contributed by atoms with Crippen molar-refractivity contribution >= 4 is 0 Å². The first kappa shape index (κ1) is 16.9. The van der Waals surface area contributed by atoms with Crippen LogP contribution in [-0.4, -0.2) is 47.4 Å². The van der Waals surface area contributed by atoms with E-state index in [1.165, 1.54) is 5.56 Å². The summed E-state index contributed by atoms with van der Waals surface area (Å²) < 4.78 is 11.3. The largest absolute Gasteiger partial charge is 0.455 e. The first-order valence-electron chi connectivity index (χ1n) is 8.24. The SMILES string of the molecule is CO[C@@H]1C[C@@H](CO)N(Cc2ccc(Oc3cccnc3)c(C)c2)C1. The van der Waals surface area contributed by atoms with Gasteiger partial charge in [-0.05, 0) is 42.7 Å². The summed E-state index contributed by atoms with van der Waals surface area (Å²) in [6.07, 6.45) is 4.52. The summed E-state index contributed by atoms with van der Waals surface area (Å²) in [7, 11) is 1.73. The number of aliphatic hydroxyl groups is 1. The van der Waals surface area contributed by atoms with Crippen LogP contribution in [0, 0.1) is 6.92 Å². The molecule has 1 N–H and O–H groups in total. The smallest absolute Gasteiger partial charge is 0.145 e. The van der Waals surface area contributed by atoms with Gasteiger partial charge in [-0.15, -0.1) is 0 Å². The molecule has 0 aliphatic carbocycles. The highest BCUT2D eigenvalue weighted by molar-refractivity contribution is 5.39. The minimum atomic E-state index is 0.168. The zero-order valence-corrected chi connectivity index (χ0v) is 14.2. The molecule has 0 saturated carbocycles. The molecule has 0 bridgehead atoms. The number of rotatable bonds is 6. The van der Waals surface area contributed by atoms with E-state index < -0.39 is 0 Å². The van der Waals surface area contributed by atoms with E-state index in [1.807, 2.05) is 25.1 Å². The molecule has 2 heterocycles. The molecule has 1 aromatic heterocycles. The maximum absolute atomic E-state index is 9.57. The van der Waals surface area contributed by atoms with E-state index in [1.54, 1.807) is 19.5 Å². The summed E-state index contributed by atoms with van der Waals surface area (Å²) in [4.78, 5) is 6.34. The molecule has 1 fully saturated rings. The summed E-state index contributed by atoms with van der Waals surface area (Å²) >= 11 is 0. The zero-order valence-electron chi connectivity index (χ0n) is 14.2. The second-order valence-corrected chi connectivity index (χ2v) is 6.25. The molecule has 0 unspecified atom stereocenters. The number of aliphatic hydroxyl groups excluding tert-OH is 1. The number of hydrogen-bond acceptors (Lipinski definition) is 5. The summed E-state index contributed by atoms with van der Waals surface area (Å²) in [5.74, 6) is 1.57. The van der Waals surface area contributed by atoms with Crippen molar-refractivity contribution in [3.8, 4) is 11.5 Å². The number of methoxy groups -OCH3 is 1. The van der Waals surface area contributed by atoms with Crippen molar-refractivity contribution in [3.05, 3.63) is 53.9 Å². The van der Waals surface area contributed by atoms with Gasteiger partial charge in [0.1, 0.15) is 11.5 Å². The number of nitrogens with zero attached hydrogens (tertiary/aromatic N) is 2. The van der Waals surface area contributed by atoms with Crippen LogP contribution >= 0.6 is 0 Å². The molecule has 1 saturated heterocycles. The molecule has 0 spiro atoms. The Morgan fingerprint density at radius 1 is 1.33 bits per heavy atom. The van der Waals surface area contributed by atoms with Gasteiger partial charge in [0.25, 0.3) is 0 Å². The molecule has 1 aromatic carbocycles. The number of hydrogen-bond donors (Lipinski definition) is 1. The van der Waals surface area contributed by atoms with Crippen LogP contribution in [0.15, 0.2) is 42.7 Å². The Kier molecular flexibility index (Phi) is 5.45. The first-order chi connectivity index (χ1) is 11.7. The van der Waals surface area contributed by atoms with Crippen LogP contribution in [0.4, 0.5) is 0 Å². The lowest BCUT2D eigenvalue weighted by atomic mass is 10.1. The second kappa shape index (κ2) is 7.75. The van der Waals surface area contributed by atoms with Crippen LogP contribution in [0.25, 0.3) is 0 Å². The lowest BCUT2D eigenvalue weighted by molar-refractivity contribution is 0.107. The molecule has 5 nitrogen and oxygen atoms in total. The summed E-state index contributed by atoms with van der Waals surface area (Å²) in [5, 5.41) is 9.57. The van der Waals surface area contributed by atoms with Gasteiger partial charge in [-0.25, -0.2) is 0 Å². The number of aromatic nitrogens is 1. The predicted molar refractivity (Wildman–Crippen MR) is 92.2 cm³/mol. The number of ether oxygens (including phenoxy) is 2. The Balaban J connectivity index is 1.68. The van der Waals surface area contributed by atoms with Gasteiger partial charge in [-0.3, -0.25) is 9.88 Å². The molecule has 3 rings (SSSR count). The Hall–Kier alpha value is -1.95. The van der Waals surface area contributed by atoms with Crippen LogP contribution in [0.5, 0.6) is 11.5 Å². The van der Waals surface area contributed by atoms with Gasteiger partial charge in [-0.1, -0.05) is 12.1 Å². The third kappa shape index (κ3) is 3.93. The number of pyridine rings is 1. The molecule has 24 heavy (non-hydrogen) atoms. The molecule has 2 aromatic rings. The molecule has 1 aliphatic rings. The second-order valence-electron chi connectivity index (χ2n) is 6.25. The van der Waals surface area contributed by atoms with Gasteiger partial charge in [-0.2, -0.15) is 0 Å². The van der Waals surface area contributed by atoms with E-state index in [-0.39, 0.29) is 18.8 Å². The highest BCUT2D eigenvalue weighted by Crippen LogP contribution is 2.27. The maximum atomic E-state index is 9.57. The van der Waals surface area contributed by atoms with Crippen LogP contribution in [0.3, 0.4) is 0 Å². The monoisotopic (exact) mass is 328 g/mol. The maximum Gasteiger partial charge on any atom is 0.145 e. The van der Waals surface area contributed by atoms with Crippen molar-refractivity contribution in [1.29, 1.82) is 0 Å². The summed E-state index contributed by atoms with van der Waals surface area (Å²) in [5.41, 5.74) is 2.29. The molecule has 0 radical (unpaired) electrons. The Labute approximate surface area is 142 Å². The van der Waals surface area contributed by atoms with E-state index in [4.69, 9.17) is 9.47 Å². The number of likely N-dealkylation sites (tertiary alicyclic amines) is 1. The van der Waals surface area contributed by atoms with Gasteiger partial charge in [0.15, 0.2) is 0 Å². The Morgan fingerprint density at radius 3 is 2.88 bits per heavy atom. The number of benzene rings is 1. The molecule has 0 amide bonds. The molecular formula is C19H24N2O3. The van der Waals surface area contributed by atoms with E-state index in [2.05, 4.69) is 22.0 Å². The third-order valence-corrected chi connectivity index (χ3v) is 4.52. The fraction of sp³-hybridized carbons (Fsp3) is 0.421. The van der Waals surface area contributed by atoms with Crippen molar-refractivity contribution in [1.82, 2.24) is 9.88 Å². The van der Waals surface area contributed by atoms with Crippen molar-refractivity contribution < 1.29 is 14.6 Å². The quantitative estimate of drug-likeness (QED) is 0.884. The van der Waals surface area contributed by atoms with Gasteiger partial charge in [0.05, 0.1) is 18.9 Å². The molecule has 2 atom stereocenters. The Bertz CT molecular complexity index is 663. The average Bonchev–Trinajstić information content (AvgIpc) is 3.00. The van der Waals surface area contributed by atoms with Gasteiger partial charge in [0, 0.05) is 32.4 Å². The standard InChI is InChI=1S/C19H24N2O3/c1-14-8-15(11-21-12-18(23-2)9-16(21)13-22)5-6-19(14)24-17-4-3-7-20-10-17/h3-8,10,16,18,22H,9,11-13H2,1-2H3/t16-,18+/m0/s1. The van der Waals surface area contributed by atoms with Crippen LogP contribution < -0.4 is 4.74 Å². The summed E-state index contributed by atoms with van der Waals surface area (Å²) in [6, 6.07) is 10.1. The number of aryl methyl sites for hydroxylation is 1. The van der Waals surface area contributed by atoms with E-state index in [0.29, 0.717) is 0 Å². The minimum Gasteiger partial charge on any atom is -0.455 e. The molecule has 128 valence electrons. The first-order valence-corrected chi connectivity index (χ1v) is 8.24. The minimum absolute atomic E-state index is 0.168. The zero-order chi connectivity index (χ0) is 16.9. The predicted octanol–water partition coefficient (Wildman–Crippen LogP) is 2.76. The Morgan fingerprint density at radius 2 is 2.21 bits per heavy atom. The molecule has 5 heteroatoms. The summed E-state index contributed by atoms with van der Waals surface area (Å²) in [6.45, 7) is 3.87. The van der Waals surface area contributed by atoms with E-state index in [0.717, 1.165) is 36.6 Å². The molecular weight excluding hydrogens is 304 g/mol. The van der Waals surface area contributed by atoms with Gasteiger partial charge >= 0.3 is 0 Å².